The average molecular weight is 660 g/mol. The molecule has 1 aliphatic heterocycles. The summed E-state index contributed by atoms with van der Waals surface area (Å²) in [6, 6.07) is 9.64. The van der Waals surface area contributed by atoms with Crippen LogP contribution in [0.15, 0.2) is 50.9 Å². The summed E-state index contributed by atoms with van der Waals surface area (Å²) < 4.78 is 19.9. The Balaban J connectivity index is 1.55. The van der Waals surface area contributed by atoms with E-state index in [0.29, 0.717) is 32.9 Å². The summed E-state index contributed by atoms with van der Waals surface area (Å²) in [5.41, 5.74) is 0.153. The number of hydrogen-bond acceptors (Lipinski definition) is 10. The van der Waals surface area contributed by atoms with E-state index in [4.69, 9.17) is 32.7 Å². The number of carbonyl (C=O) groups excluding carboxylic acids is 3. The first kappa shape index (κ1) is 30.9. The summed E-state index contributed by atoms with van der Waals surface area (Å²) in [6.07, 6.45) is 1.48. The fraction of sp³-hybridized carbons (Fsp3) is 0.214. The van der Waals surface area contributed by atoms with E-state index < -0.39 is 34.9 Å². The van der Waals surface area contributed by atoms with Crippen molar-refractivity contribution in [2.24, 2.45) is 14.1 Å². The number of thioether (sulfide) groups is 1. The van der Waals surface area contributed by atoms with E-state index in [1.807, 2.05) is 0 Å². The lowest BCUT2D eigenvalue weighted by atomic mass is 10.2. The normalized spacial score (nSPS) is 14.1. The van der Waals surface area contributed by atoms with Crippen molar-refractivity contribution < 1.29 is 28.6 Å². The molecule has 0 radical (unpaired) electrons. The Hall–Kier alpha value is -4.53. The summed E-state index contributed by atoms with van der Waals surface area (Å²) in [4.78, 5) is 67.9. The third-order valence-corrected chi connectivity index (χ3v) is 8.23. The maximum Gasteiger partial charge on any atom is 0.332 e. The minimum Gasteiger partial charge on any atom is -0.493 e. The molecule has 0 spiro atoms. The number of imide groups is 1. The molecule has 2 amide bonds. The van der Waals surface area contributed by atoms with E-state index in [9.17, 15) is 24.0 Å². The van der Waals surface area contributed by atoms with Gasteiger partial charge in [-0.25, -0.2) is 4.79 Å². The van der Waals surface area contributed by atoms with Crippen LogP contribution in [0.25, 0.3) is 17.2 Å². The van der Waals surface area contributed by atoms with Gasteiger partial charge in [-0.3, -0.25) is 37.8 Å². The maximum absolute atomic E-state index is 13.3. The molecule has 1 fully saturated rings. The largest absolute Gasteiger partial charge is 0.493 e. The van der Waals surface area contributed by atoms with Crippen LogP contribution >= 0.6 is 35.0 Å². The number of benzene rings is 2. The number of ether oxygens (including phenoxy) is 3. The van der Waals surface area contributed by atoms with Gasteiger partial charge in [-0.2, -0.15) is 4.98 Å². The highest BCUT2D eigenvalue weighted by Gasteiger charge is 2.36. The van der Waals surface area contributed by atoms with Crippen molar-refractivity contribution in [3.63, 3.8) is 0 Å². The monoisotopic (exact) mass is 659 g/mol. The number of esters is 1. The molecule has 0 N–H and O–H groups in total. The second-order valence-corrected chi connectivity index (χ2v) is 11.3. The number of halogens is 2. The van der Waals surface area contributed by atoms with Crippen LogP contribution in [0.1, 0.15) is 11.1 Å². The number of hydrogen-bond donors (Lipinski definition) is 0. The van der Waals surface area contributed by atoms with Crippen LogP contribution < -0.4 is 20.7 Å². The number of fused-ring (bicyclic) bond motifs is 1. The Morgan fingerprint density at radius 2 is 1.75 bits per heavy atom. The van der Waals surface area contributed by atoms with E-state index in [1.165, 1.54) is 36.4 Å². The number of aryl methyl sites for hydroxylation is 1. The van der Waals surface area contributed by atoms with Gasteiger partial charge in [0.05, 0.1) is 25.7 Å². The third kappa shape index (κ3) is 5.70. The van der Waals surface area contributed by atoms with Gasteiger partial charge in [-0.05, 0) is 53.2 Å². The molecule has 0 unspecified atom stereocenters. The maximum atomic E-state index is 13.3. The van der Waals surface area contributed by atoms with Crippen LogP contribution in [0.4, 0.5) is 4.79 Å². The third-order valence-electron chi connectivity index (χ3n) is 6.73. The quantitative estimate of drug-likeness (QED) is 0.202. The van der Waals surface area contributed by atoms with Gasteiger partial charge in [-0.15, -0.1) is 0 Å². The average Bonchev–Trinajstić information content (AvgIpc) is 3.48. The van der Waals surface area contributed by atoms with Gasteiger partial charge in [0.2, 0.25) is 0 Å². The number of methoxy groups -OCH3 is 2. The van der Waals surface area contributed by atoms with Crippen LogP contribution in [0.5, 0.6) is 17.5 Å². The lowest BCUT2D eigenvalue weighted by Gasteiger charge is -2.13. The van der Waals surface area contributed by atoms with Gasteiger partial charge >= 0.3 is 17.7 Å². The molecule has 13 nitrogen and oxygen atoms in total. The zero-order valence-electron chi connectivity index (χ0n) is 23.6. The smallest absolute Gasteiger partial charge is 0.332 e. The summed E-state index contributed by atoms with van der Waals surface area (Å²) >= 11 is 13.2. The fourth-order valence-electron chi connectivity index (χ4n) is 4.41. The highest BCUT2D eigenvalue weighted by atomic mass is 35.5. The molecule has 5 rings (SSSR count). The topological polar surface area (TPSA) is 144 Å². The van der Waals surface area contributed by atoms with E-state index in [1.54, 1.807) is 36.4 Å². The first-order valence-corrected chi connectivity index (χ1v) is 14.3. The summed E-state index contributed by atoms with van der Waals surface area (Å²) in [6.45, 7) is -0.442. The molecular formula is C28H23Cl2N5O8S. The molecule has 2 aromatic heterocycles. The van der Waals surface area contributed by atoms with E-state index in [2.05, 4.69) is 9.72 Å². The zero-order chi connectivity index (χ0) is 31.9. The molecule has 1 aliphatic rings. The highest BCUT2D eigenvalue weighted by molar-refractivity contribution is 8.18. The Morgan fingerprint density at radius 3 is 2.43 bits per heavy atom. The lowest BCUT2D eigenvalue weighted by molar-refractivity contribution is -0.143. The molecule has 3 heterocycles. The second kappa shape index (κ2) is 12.2. The molecule has 0 aliphatic carbocycles. The van der Waals surface area contributed by atoms with Crippen molar-refractivity contribution in [1.82, 2.24) is 23.6 Å². The molecule has 4 aromatic rings. The summed E-state index contributed by atoms with van der Waals surface area (Å²) in [7, 11) is 5.42. The van der Waals surface area contributed by atoms with Crippen molar-refractivity contribution in [3.05, 3.63) is 83.3 Å². The summed E-state index contributed by atoms with van der Waals surface area (Å²) in [5, 5.41) is 0.186. The number of rotatable bonds is 8. The van der Waals surface area contributed by atoms with Gasteiger partial charge in [0, 0.05) is 24.1 Å². The standard InChI is InChI=1S/C28H23Cl2N5O8S/c1-32-23-22(25(38)33(2)27(32)39)34(12-15-6-7-16(29)11-17(15)30)26(31-23)43-18-8-5-14(9-19(18)41-3)10-20-24(37)35(28(40)44-20)13-21(36)42-4/h5-11H,12-13H2,1-4H3/b20-10-. The Kier molecular flexibility index (Phi) is 8.59. The van der Waals surface area contributed by atoms with E-state index >= 15 is 0 Å². The predicted octanol–water partition coefficient (Wildman–Crippen LogP) is 3.80. The second-order valence-electron chi connectivity index (χ2n) is 9.45. The minimum atomic E-state index is -0.723. The van der Waals surface area contributed by atoms with Crippen LogP contribution in [0.3, 0.4) is 0 Å². The van der Waals surface area contributed by atoms with Gasteiger partial charge in [0.1, 0.15) is 6.54 Å². The van der Waals surface area contributed by atoms with E-state index in [-0.39, 0.29) is 40.1 Å². The SMILES string of the molecule is COC(=O)CN1C(=O)S/C(=C\c2ccc(Oc3nc4c(c(=O)n(C)c(=O)n4C)n3Cc3ccc(Cl)cc3Cl)c(OC)c2)C1=O. The van der Waals surface area contributed by atoms with Crippen molar-refractivity contribution in [1.29, 1.82) is 0 Å². The Labute approximate surface area is 263 Å². The van der Waals surface area contributed by atoms with Gasteiger partial charge in [0.15, 0.2) is 22.7 Å². The number of nitrogens with zero attached hydrogens (tertiary/aromatic N) is 5. The van der Waals surface area contributed by atoms with Crippen molar-refractivity contribution in [2.75, 3.05) is 20.8 Å². The van der Waals surface area contributed by atoms with Gasteiger partial charge in [-0.1, -0.05) is 35.3 Å². The molecule has 228 valence electrons. The molecule has 1 saturated heterocycles. The zero-order valence-corrected chi connectivity index (χ0v) is 26.0. The first-order valence-electron chi connectivity index (χ1n) is 12.7. The van der Waals surface area contributed by atoms with Crippen molar-refractivity contribution >= 4 is 69.3 Å². The Morgan fingerprint density at radius 1 is 1.00 bits per heavy atom. The number of imidazole rings is 1. The Bertz CT molecular complexity index is 2020. The highest BCUT2D eigenvalue weighted by Crippen LogP contribution is 2.37. The lowest BCUT2D eigenvalue weighted by Crippen LogP contribution is -2.37. The molecule has 16 heteroatoms. The van der Waals surface area contributed by atoms with Gasteiger partial charge in [0.25, 0.3) is 16.7 Å². The molecular weight excluding hydrogens is 637 g/mol. The first-order chi connectivity index (χ1) is 20.9. The van der Waals surface area contributed by atoms with Crippen LogP contribution in [-0.4, -0.2) is 61.5 Å². The van der Waals surface area contributed by atoms with Crippen LogP contribution in [0, 0.1) is 0 Å². The van der Waals surface area contributed by atoms with Gasteiger partial charge < -0.3 is 14.2 Å². The molecule has 0 bridgehead atoms. The van der Waals surface area contributed by atoms with E-state index in [0.717, 1.165) is 16.6 Å². The predicted molar refractivity (Wildman–Crippen MR) is 164 cm³/mol. The number of aromatic nitrogens is 4. The number of amides is 2. The summed E-state index contributed by atoms with van der Waals surface area (Å²) in [5.74, 6) is -0.924. The number of carbonyl (C=O) groups is 3. The van der Waals surface area contributed by atoms with Crippen LogP contribution in [0.2, 0.25) is 10.0 Å². The minimum absolute atomic E-state index is 0.0284. The molecule has 44 heavy (non-hydrogen) atoms. The molecule has 2 aromatic carbocycles. The van der Waals surface area contributed by atoms with Crippen LogP contribution in [-0.2, 0) is 35.0 Å². The van der Waals surface area contributed by atoms with Crippen molar-refractivity contribution in [3.8, 4) is 17.5 Å². The fourth-order valence-corrected chi connectivity index (χ4v) is 5.72. The molecule has 0 atom stereocenters. The van der Waals surface area contributed by atoms with Crippen molar-refractivity contribution in [2.45, 2.75) is 6.54 Å². The molecule has 0 saturated carbocycles.